The van der Waals surface area contributed by atoms with E-state index >= 15 is 0 Å². The van der Waals surface area contributed by atoms with Gasteiger partial charge in [-0.2, -0.15) is 8.42 Å². The molecule has 45 heavy (non-hydrogen) atoms. The van der Waals surface area contributed by atoms with E-state index in [0.717, 1.165) is 38.5 Å². The molecule has 0 aliphatic carbocycles. The molecule has 13 heteroatoms. The van der Waals surface area contributed by atoms with E-state index in [1.165, 1.54) is 44.9 Å². The lowest BCUT2D eigenvalue weighted by molar-refractivity contribution is -0.301. The maximum atomic E-state index is 12.1. The number of carbonyl (C=O) groups is 1. The normalized spacial score (nSPS) is 23.2. The predicted octanol–water partition coefficient (Wildman–Crippen LogP) is 4.56. The number of aliphatic hydroxyl groups excluding tert-OH is 3. The predicted molar refractivity (Wildman–Crippen MR) is 170 cm³/mol. The number of rotatable bonds is 27. The maximum Gasteiger partial charge on any atom is 0.397 e. The van der Waals surface area contributed by atoms with Gasteiger partial charge in [0.2, 0.25) is 0 Å². The monoisotopic (exact) mass is 666 g/mol. The van der Waals surface area contributed by atoms with Crippen LogP contribution in [0.4, 0.5) is 0 Å². The molecule has 0 radical (unpaired) electrons. The van der Waals surface area contributed by atoms with Gasteiger partial charge in [-0.1, -0.05) is 83.1 Å². The molecule has 1 aliphatic heterocycles. The lowest BCUT2D eigenvalue weighted by Gasteiger charge is -2.41. The first-order chi connectivity index (χ1) is 21.6. The topological polar surface area (TPSA) is 178 Å². The highest BCUT2D eigenvalue weighted by Gasteiger charge is 2.48. The molecule has 1 saturated heterocycles. The number of unbranched alkanes of at least 4 members (excludes halogenated alkanes) is 10. The van der Waals surface area contributed by atoms with Crippen molar-refractivity contribution >= 4 is 16.4 Å². The van der Waals surface area contributed by atoms with Gasteiger partial charge >= 0.3 is 16.4 Å². The van der Waals surface area contributed by atoms with Crippen LogP contribution in [0.5, 0.6) is 0 Å². The molecule has 1 aliphatic rings. The smallest absolute Gasteiger partial charge is 0.397 e. The first-order valence-electron chi connectivity index (χ1n) is 16.6. The van der Waals surface area contributed by atoms with Crippen molar-refractivity contribution in [3.63, 3.8) is 0 Å². The molecular formula is C32H58O12S. The van der Waals surface area contributed by atoms with Crippen LogP contribution < -0.4 is 0 Å². The van der Waals surface area contributed by atoms with Crippen molar-refractivity contribution in [1.82, 2.24) is 0 Å². The Hall–Kier alpha value is -1.42. The number of hydrogen-bond acceptors (Lipinski definition) is 11. The van der Waals surface area contributed by atoms with Crippen LogP contribution in [0.1, 0.15) is 110 Å². The summed E-state index contributed by atoms with van der Waals surface area (Å²) >= 11 is 0. The maximum absolute atomic E-state index is 12.1. The average Bonchev–Trinajstić information content (AvgIpc) is 2.99. The summed E-state index contributed by atoms with van der Waals surface area (Å²) in [5.41, 5.74) is 0. The van der Waals surface area contributed by atoms with Gasteiger partial charge in [0.25, 0.3) is 0 Å². The molecule has 1 heterocycles. The van der Waals surface area contributed by atoms with E-state index in [1.54, 1.807) is 0 Å². The van der Waals surface area contributed by atoms with Crippen LogP contribution in [-0.2, 0) is 38.3 Å². The van der Waals surface area contributed by atoms with Gasteiger partial charge in [-0.3, -0.25) is 9.35 Å². The van der Waals surface area contributed by atoms with Gasteiger partial charge in [0.15, 0.2) is 6.29 Å². The Morgan fingerprint density at radius 1 is 0.844 bits per heavy atom. The SMILES string of the molecule is CCCCCC/C=C\C/C=C\CCCCCCCCOCC(COC1OC(CO)C(O)C(OS(=O)(=O)O)C1O)OC(=O)CCC. The average molecular weight is 667 g/mol. The number of esters is 1. The van der Waals surface area contributed by atoms with Crippen LogP contribution in [0.25, 0.3) is 0 Å². The number of aliphatic hydroxyl groups is 3. The van der Waals surface area contributed by atoms with Gasteiger partial charge in [0, 0.05) is 13.0 Å². The van der Waals surface area contributed by atoms with E-state index in [0.29, 0.717) is 13.0 Å². The summed E-state index contributed by atoms with van der Waals surface area (Å²) in [6.45, 7) is 3.52. The third-order valence-electron chi connectivity index (χ3n) is 7.30. The number of allylic oxidation sites excluding steroid dienone is 4. The van der Waals surface area contributed by atoms with Crippen molar-refractivity contribution in [3.05, 3.63) is 24.3 Å². The minimum atomic E-state index is -5.04. The molecule has 1 rings (SSSR count). The zero-order valence-corrected chi connectivity index (χ0v) is 28.0. The molecular weight excluding hydrogens is 608 g/mol. The van der Waals surface area contributed by atoms with Crippen LogP contribution in [0.2, 0.25) is 0 Å². The fourth-order valence-corrected chi connectivity index (χ4v) is 5.30. The molecule has 6 unspecified atom stereocenters. The second kappa shape index (κ2) is 25.6. The van der Waals surface area contributed by atoms with Gasteiger partial charge in [-0.15, -0.1) is 0 Å². The zero-order chi connectivity index (χ0) is 33.3. The second-order valence-corrected chi connectivity index (χ2v) is 12.5. The Morgan fingerprint density at radius 3 is 2.07 bits per heavy atom. The van der Waals surface area contributed by atoms with E-state index in [4.69, 9.17) is 23.5 Å². The number of ether oxygens (including phenoxy) is 4. The molecule has 6 atom stereocenters. The van der Waals surface area contributed by atoms with Crippen LogP contribution in [0.15, 0.2) is 24.3 Å². The lowest BCUT2D eigenvalue weighted by atomic mass is 9.99. The summed E-state index contributed by atoms with van der Waals surface area (Å²) in [7, 11) is -5.04. The van der Waals surface area contributed by atoms with Crippen molar-refractivity contribution in [1.29, 1.82) is 0 Å². The van der Waals surface area contributed by atoms with Gasteiger partial charge < -0.3 is 34.3 Å². The summed E-state index contributed by atoms with van der Waals surface area (Å²) in [5.74, 6) is -0.458. The van der Waals surface area contributed by atoms with Gasteiger partial charge in [0.05, 0.1) is 19.8 Å². The largest absolute Gasteiger partial charge is 0.457 e. The van der Waals surface area contributed by atoms with Crippen LogP contribution in [0, 0.1) is 0 Å². The molecule has 0 aromatic heterocycles. The highest BCUT2D eigenvalue weighted by molar-refractivity contribution is 7.80. The Morgan fingerprint density at radius 2 is 1.47 bits per heavy atom. The Kier molecular flexibility index (Phi) is 23.7. The summed E-state index contributed by atoms with van der Waals surface area (Å²) in [5, 5.41) is 30.1. The van der Waals surface area contributed by atoms with Gasteiger partial charge in [0.1, 0.15) is 30.5 Å². The fraction of sp³-hybridized carbons (Fsp3) is 0.844. The Bertz CT molecular complexity index is 910. The van der Waals surface area contributed by atoms with Gasteiger partial charge in [-0.05, 0) is 44.9 Å². The van der Waals surface area contributed by atoms with E-state index in [-0.39, 0.29) is 19.6 Å². The molecule has 0 aromatic rings. The molecule has 264 valence electrons. The molecule has 1 fully saturated rings. The minimum Gasteiger partial charge on any atom is -0.457 e. The summed E-state index contributed by atoms with van der Waals surface area (Å²) in [6, 6.07) is 0. The van der Waals surface area contributed by atoms with Crippen LogP contribution in [-0.4, -0.2) is 97.5 Å². The van der Waals surface area contributed by atoms with E-state index in [9.17, 15) is 28.5 Å². The van der Waals surface area contributed by atoms with E-state index in [2.05, 4.69) is 35.4 Å². The van der Waals surface area contributed by atoms with Crippen molar-refractivity contribution in [2.75, 3.05) is 26.4 Å². The van der Waals surface area contributed by atoms with Gasteiger partial charge in [-0.25, -0.2) is 4.18 Å². The third-order valence-corrected chi connectivity index (χ3v) is 7.76. The second-order valence-electron chi connectivity index (χ2n) is 11.4. The van der Waals surface area contributed by atoms with E-state index in [1.807, 2.05) is 6.92 Å². The highest BCUT2D eigenvalue weighted by atomic mass is 32.3. The molecule has 12 nitrogen and oxygen atoms in total. The highest BCUT2D eigenvalue weighted by Crippen LogP contribution is 2.25. The number of hydrogen-bond donors (Lipinski definition) is 4. The molecule has 0 aromatic carbocycles. The lowest BCUT2D eigenvalue weighted by Crippen LogP contribution is -2.60. The van der Waals surface area contributed by atoms with Crippen molar-refractivity contribution in [2.45, 2.75) is 147 Å². The van der Waals surface area contributed by atoms with E-state index < -0.39 is 59.8 Å². The molecule has 0 bridgehead atoms. The van der Waals surface area contributed by atoms with Crippen LogP contribution in [0.3, 0.4) is 0 Å². The Balaban J connectivity index is 2.32. The Labute approximate surface area is 270 Å². The summed E-state index contributed by atoms with van der Waals surface area (Å²) in [4.78, 5) is 12.1. The minimum absolute atomic E-state index is 0.0235. The van der Waals surface area contributed by atoms with Crippen molar-refractivity contribution < 1.29 is 56.2 Å². The first kappa shape index (κ1) is 41.6. The molecule has 0 spiro atoms. The fourth-order valence-electron chi connectivity index (χ4n) is 4.80. The standard InChI is InChI=1S/C32H58O12S/c1-3-5-6-7-8-9-10-11-12-13-14-15-16-17-18-19-20-22-40-24-26(42-28(34)21-4-2)25-41-32-30(36)31(44-45(37,38)39)29(35)27(23-33)43-32/h9-10,12-13,26-27,29-33,35-36H,3-8,11,14-25H2,1-2H3,(H,37,38,39)/b10-9-,13-12-. The van der Waals surface area contributed by atoms with Crippen LogP contribution >= 0.6 is 0 Å². The molecule has 0 saturated carbocycles. The zero-order valence-electron chi connectivity index (χ0n) is 27.2. The summed E-state index contributed by atoms with van der Waals surface area (Å²) in [6.07, 6.45) is 15.6. The quantitative estimate of drug-likeness (QED) is 0.0416. The molecule has 0 amide bonds. The summed E-state index contributed by atoms with van der Waals surface area (Å²) < 4.78 is 57.8. The first-order valence-corrected chi connectivity index (χ1v) is 18.0. The third kappa shape index (κ3) is 20.4. The van der Waals surface area contributed by atoms with Crippen molar-refractivity contribution in [3.8, 4) is 0 Å². The van der Waals surface area contributed by atoms with Crippen molar-refractivity contribution in [2.24, 2.45) is 0 Å². The number of carbonyl (C=O) groups excluding carboxylic acids is 1. The molecule has 4 N–H and O–H groups in total.